The molecule has 2 rings (SSSR count). The summed E-state index contributed by atoms with van der Waals surface area (Å²) in [7, 11) is 1.29. The molecule has 1 unspecified atom stereocenters. The molecule has 0 aliphatic carbocycles. The Morgan fingerprint density at radius 3 is 2.48 bits per heavy atom. The molecule has 3 N–H and O–H groups in total. The summed E-state index contributed by atoms with van der Waals surface area (Å²) in [5, 5.41) is 10.9. The molecule has 0 aliphatic heterocycles. The van der Waals surface area contributed by atoms with Gasteiger partial charge in [-0.3, -0.25) is 14.2 Å². The molecule has 0 bridgehead atoms. The van der Waals surface area contributed by atoms with E-state index in [0.29, 0.717) is 22.8 Å². The number of nitrogens with two attached hydrogens (primary N) is 1. The lowest BCUT2D eigenvalue weighted by atomic mass is 10.1. The third-order valence-electron chi connectivity index (χ3n) is 3.90. The van der Waals surface area contributed by atoms with Crippen LogP contribution in [0.25, 0.3) is 0 Å². The number of nitrogens with one attached hydrogen (secondary N) is 1. The van der Waals surface area contributed by atoms with Crippen LogP contribution in [0.1, 0.15) is 36.7 Å². The molecule has 1 heterocycles. The van der Waals surface area contributed by atoms with Crippen molar-refractivity contribution in [3.05, 3.63) is 29.8 Å². The lowest BCUT2D eigenvalue weighted by Crippen LogP contribution is -2.27. The van der Waals surface area contributed by atoms with Gasteiger partial charge in [0.2, 0.25) is 11.9 Å². The molecule has 1 aromatic carbocycles. The van der Waals surface area contributed by atoms with Crippen LogP contribution >= 0.6 is 11.8 Å². The van der Waals surface area contributed by atoms with Crippen molar-refractivity contribution >= 4 is 41.2 Å². The van der Waals surface area contributed by atoms with Crippen LogP contribution < -0.4 is 11.1 Å². The Morgan fingerprint density at radius 2 is 1.90 bits per heavy atom. The minimum absolute atomic E-state index is 0.0159. The van der Waals surface area contributed by atoms with E-state index in [-0.39, 0.29) is 24.2 Å². The largest absolute Gasteiger partial charge is 0.468 e. The zero-order valence-electron chi connectivity index (χ0n) is 16.4. The molecule has 0 fully saturated rings. The number of hydrogen-bond acceptors (Lipinski definition) is 9. The zero-order valence-corrected chi connectivity index (χ0v) is 17.2. The number of carbonyl (C=O) groups is 3. The SMILES string of the molecule is CCOC(=O)c1ccc(NC(=O)C(CC)n2c(N)nnc2SCC(=O)OC)cc1. The third-order valence-corrected chi connectivity index (χ3v) is 4.82. The number of anilines is 2. The Kier molecular flexibility index (Phi) is 8.01. The molecule has 0 saturated heterocycles. The van der Waals surface area contributed by atoms with Crippen molar-refractivity contribution in [3.8, 4) is 0 Å². The average molecular weight is 421 g/mol. The van der Waals surface area contributed by atoms with E-state index in [0.717, 1.165) is 11.8 Å². The lowest BCUT2D eigenvalue weighted by Gasteiger charge is -2.19. The van der Waals surface area contributed by atoms with Crippen LogP contribution in [0.4, 0.5) is 11.6 Å². The maximum Gasteiger partial charge on any atom is 0.338 e. The van der Waals surface area contributed by atoms with Gasteiger partial charge in [0.25, 0.3) is 0 Å². The maximum atomic E-state index is 12.8. The highest BCUT2D eigenvalue weighted by Crippen LogP contribution is 2.26. The molecule has 11 heteroatoms. The Labute approximate surface area is 172 Å². The number of methoxy groups -OCH3 is 1. The first-order chi connectivity index (χ1) is 13.9. The minimum Gasteiger partial charge on any atom is -0.468 e. The number of ether oxygens (including phenoxy) is 2. The van der Waals surface area contributed by atoms with E-state index in [1.54, 1.807) is 31.2 Å². The minimum atomic E-state index is -0.685. The molecule has 29 heavy (non-hydrogen) atoms. The zero-order chi connectivity index (χ0) is 21.4. The quantitative estimate of drug-likeness (QED) is 0.459. The molecule has 1 aromatic heterocycles. The van der Waals surface area contributed by atoms with E-state index in [9.17, 15) is 14.4 Å². The van der Waals surface area contributed by atoms with Crippen molar-refractivity contribution in [2.24, 2.45) is 0 Å². The van der Waals surface area contributed by atoms with Crippen LogP contribution in [0.15, 0.2) is 29.4 Å². The van der Waals surface area contributed by atoms with Crippen molar-refractivity contribution < 1.29 is 23.9 Å². The van der Waals surface area contributed by atoms with Crippen LogP contribution in [0.3, 0.4) is 0 Å². The maximum absolute atomic E-state index is 12.8. The van der Waals surface area contributed by atoms with E-state index in [4.69, 9.17) is 10.5 Å². The van der Waals surface area contributed by atoms with Gasteiger partial charge in [0.05, 0.1) is 25.0 Å². The smallest absolute Gasteiger partial charge is 0.338 e. The highest BCUT2D eigenvalue weighted by Gasteiger charge is 2.25. The van der Waals surface area contributed by atoms with E-state index >= 15 is 0 Å². The second-order valence-corrected chi connectivity index (χ2v) is 6.73. The molecule has 2 aromatic rings. The van der Waals surface area contributed by atoms with Gasteiger partial charge in [0, 0.05) is 5.69 Å². The molecule has 1 atom stereocenters. The van der Waals surface area contributed by atoms with Crippen molar-refractivity contribution in [1.82, 2.24) is 14.8 Å². The summed E-state index contributed by atoms with van der Waals surface area (Å²) in [5.74, 6) is -1.11. The van der Waals surface area contributed by atoms with E-state index in [2.05, 4.69) is 20.3 Å². The summed E-state index contributed by atoms with van der Waals surface area (Å²) >= 11 is 1.08. The second kappa shape index (κ2) is 10.5. The summed E-state index contributed by atoms with van der Waals surface area (Å²) in [6, 6.07) is 5.67. The molecule has 10 nitrogen and oxygen atoms in total. The normalized spacial score (nSPS) is 11.6. The van der Waals surface area contributed by atoms with Gasteiger partial charge in [-0.2, -0.15) is 0 Å². The highest BCUT2D eigenvalue weighted by molar-refractivity contribution is 7.99. The molecule has 0 saturated carbocycles. The first-order valence-corrected chi connectivity index (χ1v) is 9.87. The fourth-order valence-corrected chi connectivity index (χ4v) is 3.30. The fourth-order valence-electron chi connectivity index (χ4n) is 2.48. The number of rotatable bonds is 9. The Hall–Kier alpha value is -3.08. The molecule has 1 amide bonds. The molecular formula is C18H23N5O5S. The lowest BCUT2D eigenvalue weighted by molar-refractivity contribution is -0.137. The summed E-state index contributed by atoms with van der Waals surface area (Å²) in [5.41, 5.74) is 6.80. The van der Waals surface area contributed by atoms with E-state index in [1.807, 2.05) is 6.92 Å². The predicted molar refractivity (Wildman–Crippen MR) is 108 cm³/mol. The van der Waals surface area contributed by atoms with E-state index < -0.39 is 18.0 Å². The summed E-state index contributed by atoms with van der Waals surface area (Å²) in [6.45, 7) is 3.83. The van der Waals surface area contributed by atoms with Gasteiger partial charge in [0.15, 0.2) is 5.16 Å². The number of hydrogen-bond donors (Lipinski definition) is 2. The van der Waals surface area contributed by atoms with Crippen LogP contribution in [0.2, 0.25) is 0 Å². The van der Waals surface area contributed by atoms with Gasteiger partial charge in [-0.25, -0.2) is 4.79 Å². The first kappa shape index (κ1) is 22.2. The molecule has 0 aliphatic rings. The van der Waals surface area contributed by atoms with Crippen LogP contribution in [0, 0.1) is 0 Å². The van der Waals surface area contributed by atoms with Crippen LogP contribution in [0.5, 0.6) is 0 Å². The van der Waals surface area contributed by atoms with Crippen LogP contribution in [-0.2, 0) is 19.1 Å². The molecule has 0 spiro atoms. The average Bonchev–Trinajstić information content (AvgIpc) is 3.08. The Balaban J connectivity index is 2.14. The Morgan fingerprint density at radius 1 is 1.21 bits per heavy atom. The number of benzene rings is 1. The van der Waals surface area contributed by atoms with Gasteiger partial charge >= 0.3 is 11.9 Å². The second-order valence-electron chi connectivity index (χ2n) is 5.79. The van der Waals surface area contributed by atoms with Crippen molar-refractivity contribution in [2.45, 2.75) is 31.5 Å². The number of amides is 1. The first-order valence-electron chi connectivity index (χ1n) is 8.89. The van der Waals surface area contributed by atoms with Gasteiger partial charge in [-0.1, -0.05) is 18.7 Å². The molecular weight excluding hydrogens is 398 g/mol. The van der Waals surface area contributed by atoms with Crippen molar-refractivity contribution in [3.63, 3.8) is 0 Å². The van der Waals surface area contributed by atoms with Crippen molar-refractivity contribution in [1.29, 1.82) is 0 Å². The monoisotopic (exact) mass is 421 g/mol. The number of aromatic nitrogens is 3. The van der Waals surface area contributed by atoms with Gasteiger partial charge in [-0.05, 0) is 37.6 Å². The van der Waals surface area contributed by atoms with Gasteiger partial charge in [-0.15, -0.1) is 10.2 Å². The summed E-state index contributed by atoms with van der Waals surface area (Å²) in [6.07, 6.45) is 0.417. The summed E-state index contributed by atoms with van der Waals surface area (Å²) in [4.78, 5) is 35.9. The van der Waals surface area contributed by atoms with Crippen LogP contribution in [-0.4, -0.2) is 52.1 Å². The highest BCUT2D eigenvalue weighted by atomic mass is 32.2. The summed E-state index contributed by atoms with van der Waals surface area (Å²) < 4.78 is 11.0. The number of esters is 2. The van der Waals surface area contributed by atoms with Crippen molar-refractivity contribution in [2.75, 3.05) is 30.5 Å². The number of nitrogens with zero attached hydrogens (tertiary/aromatic N) is 3. The topological polar surface area (TPSA) is 138 Å². The van der Waals surface area contributed by atoms with Gasteiger partial charge < -0.3 is 20.5 Å². The Bertz CT molecular complexity index is 868. The molecule has 156 valence electrons. The van der Waals surface area contributed by atoms with E-state index in [1.165, 1.54) is 11.7 Å². The number of thioether (sulfide) groups is 1. The third kappa shape index (κ3) is 5.70. The standard InChI is InChI=1S/C18H23N5O5S/c1-4-13(23-17(19)21-22-18(23)29-10-14(24)27-3)15(25)20-12-8-6-11(7-9-12)16(26)28-5-2/h6-9,13H,4-5,10H2,1-3H3,(H2,19,21)(H,20,25). The number of nitrogen functional groups attached to an aromatic ring is 1. The predicted octanol–water partition coefficient (Wildman–Crippen LogP) is 1.89. The molecule has 0 radical (unpaired) electrons. The van der Waals surface area contributed by atoms with Gasteiger partial charge in [0.1, 0.15) is 6.04 Å². The number of carbonyl (C=O) groups excluding carboxylic acids is 3. The fraction of sp³-hybridized carbons (Fsp3) is 0.389.